The van der Waals surface area contributed by atoms with E-state index >= 15 is 0 Å². The lowest BCUT2D eigenvalue weighted by Gasteiger charge is -2.22. The topological polar surface area (TPSA) is 45.2 Å². The number of benzene rings is 1. The molecule has 104 valence electrons. The van der Waals surface area contributed by atoms with Crippen LogP contribution in [-0.2, 0) is 0 Å². The van der Waals surface area contributed by atoms with Gasteiger partial charge in [-0.1, -0.05) is 18.2 Å². The Labute approximate surface area is 119 Å². The average Bonchev–Trinajstić information content (AvgIpc) is 2.50. The fourth-order valence-electron chi connectivity index (χ4n) is 2.11. The smallest absolute Gasteiger partial charge is 0.260 e. The molecule has 1 aromatic carbocycles. The average molecular weight is 269 g/mol. The maximum absolute atomic E-state index is 12.7. The second-order valence-corrected chi connectivity index (χ2v) is 4.34. The van der Waals surface area contributed by atoms with Crippen molar-refractivity contribution in [2.75, 3.05) is 23.3 Å². The van der Waals surface area contributed by atoms with E-state index in [0.717, 1.165) is 17.9 Å². The molecule has 0 aliphatic heterocycles. The molecule has 20 heavy (non-hydrogen) atoms. The second-order valence-electron chi connectivity index (χ2n) is 4.34. The minimum absolute atomic E-state index is 0.0166. The van der Waals surface area contributed by atoms with Crippen molar-refractivity contribution in [1.82, 2.24) is 4.98 Å². The van der Waals surface area contributed by atoms with Gasteiger partial charge in [0.1, 0.15) is 0 Å². The summed E-state index contributed by atoms with van der Waals surface area (Å²) in [4.78, 5) is 18.6. The zero-order chi connectivity index (χ0) is 14.4. The summed E-state index contributed by atoms with van der Waals surface area (Å²) in [5, 5.41) is 3.18. The number of hydrogen-bond acceptors (Lipinski definition) is 3. The van der Waals surface area contributed by atoms with E-state index in [4.69, 9.17) is 0 Å². The summed E-state index contributed by atoms with van der Waals surface area (Å²) in [6.07, 6.45) is 3.34. The summed E-state index contributed by atoms with van der Waals surface area (Å²) >= 11 is 0. The second kappa shape index (κ2) is 6.70. The summed E-state index contributed by atoms with van der Waals surface area (Å²) in [6, 6.07) is 11.4. The van der Waals surface area contributed by atoms with Gasteiger partial charge in [-0.05, 0) is 32.0 Å². The molecule has 0 saturated heterocycles. The minimum Gasteiger partial charge on any atom is -0.383 e. The van der Waals surface area contributed by atoms with Crippen molar-refractivity contribution in [2.45, 2.75) is 13.8 Å². The Hall–Kier alpha value is -2.36. The zero-order valence-electron chi connectivity index (χ0n) is 11.8. The minimum atomic E-state index is -0.0166. The molecule has 0 aliphatic carbocycles. The van der Waals surface area contributed by atoms with Gasteiger partial charge in [-0.25, -0.2) is 0 Å². The fraction of sp³-hybridized carbons (Fsp3) is 0.250. The number of nitrogens with zero attached hydrogens (tertiary/aromatic N) is 2. The molecule has 1 aromatic heterocycles. The van der Waals surface area contributed by atoms with Gasteiger partial charge < -0.3 is 10.2 Å². The molecule has 0 aliphatic rings. The number of para-hydroxylation sites is 1. The number of carbonyl (C=O) groups is 1. The van der Waals surface area contributed by atoms with Crippen LogP contribution < -0.4 is 10.2 Å². The largest absolute Gasteiger partial charge is 0.383 e. The Morgan fingerprint density at radius 2 is 1.95 bits per heavy atom. The van der Waals surface area contributed by atoms with E-state index in [9.17, 15) is 4.79 Å². The predicted octanol–water partition coefficient (Wildman–Crippen LogP) is 3.18. The van der Waals surface area contributed by atoms with Crippen LogP contribution in [0, 0.1) is 0 Å². The van der Waals surface area contributed by atoms with Gasteiger partial charge in [0.05, 0.1) is 17.4 Å². The van der Waals surface area contributed by atoms with Crippen LogP contribution in [0.1, 0.15) is 24.2 Å². The van der Waals surface area contributed by atoms with Gasteiger partial charge in [0, 0.05) is 25.0 Å². The molecule has 0 fully saturated rings. The van der Waals surface area contributed by atoms with Crippen LogP contribution >= 0.6 is 0 Å². The van der Waals surface area contributed by atoms with Crippen molar-refractivity contribution < 1.29 is 4.79 Å². The Bertz CT molecular complexity index is 569. The summed E-state index contributed by atoms with van der Waals surface area (Å²) in [5.41, 5.74) is 2.32. The van der Waals surface area contributed by atoms with Gasteiger partial charge in [-0.15, -0.1) is 0 Å². The summed E-state index contributed by atoms with van der Waals surface area (Å²) in [6.45, 7) is 5.34. The SMILES string of the molecule is CCNc1cnccc1C(=O)N(CC)c1ccccc1. The van der Waals surface area contributed by atoms with Gasteiger partial charge in [-0.2, -0.15) is 0 Å². The van der Waals surface area contributed by atoms with Crippen molar-refractivity contribution in [1.29, 1.82) is 0 Å². The molecule has 4 heteroatoms. The fourth-order valence-corrected chi connectivity index (χ4v) is 2.11. The van der Waals surface area contributed by atoms with E-state index in [-0.39, 0.29) is 5.91 Å². The first-order valence-corrected chi connectivity index (χ1v) is 6.82. The number of amides is 1. The van der Waals surface area contributed by atoms with Crippen LogP contribution in [-0.4, -0.2) is 24.0 Å². The molecule has 2 aromatic rings. The van der Waals surface area contributed by atoms with E-state index < -0.39 is 0 Å². The van der Waals surface area contributed by atoms with Crippen LogP contribution in [0.25, 0.3) is 0 Å². The first-order chi connectivity index (χ1) is 9.77. The number of aromatic nitrogens is 1. The maximum Gasteiger partial charge on any atom is 0.260 e. The van der Waals surface area contributed by atoms with E-state index in [1.165, 1.54) is 0 Å². The summed E-state index contributed by atoms with van der Waals surface area (Å²) in [5.74, 6) is -0.0166. The lowest BCUT2D eigenvalue weighted by molar-refractivity contribution is 0.0989. The standard InChI is InChI=1S/C16H19N3O/c1-3-18-15-12-17-11-10-14(15)16(20)19(4-2)13-8-6-5-7-9-13/h5-12,18H,3-4H2,1-2H3. The molecular weight excluding hydrogens is 250 g/mol. The lowest BCUT2D eigenvalue weighted by Crippen LogP contribution is -2.31. The first kappa shape index (κ1) is 14.1. The van der Waals surface area contributed by atoms with Crippen molar-refractivity contribution in [3.05, 3.63) is 54.4 Å². The molecule has 1 heterocycles. The highest BCUT2D eigenvalue weighted by Crippen LogP contribution is 2.20. The van der Waals surface area contributed by atoms with Crippen LogP contribution in [0.3, 0.4) is 0 Å². The number of anilines is 2. The van der Waals surface area contributed by atoms with Crippen molar-refractivity contribution in [2.24, 2.45) is 0 Å². The van der Waals surface area contributed by atoms with Crippen LogP contribution in [0.15, 0.2) is 48.8 Å². The Balaban J connectivity index is 2.34. The highest BCUT2D eigenvalue weighted by Gasteiger charge is 2.18. The Morgan fingerprint density at radius 3 is 2.60 bits per heavy atom. The number of hydrogen-bond donors (Lipinski definition) is 1. The van der Waals surface area contributed by atoms with Crippen LogP contribution in [0.4, 0.5) is 11.4 Å². The molecule has 4 nitrogen and oxygen atoms in total. The maximum atomic E-state index is 12.7. The molecular formula is C16H19N3O. The zero-order valence-corrected chi connectivity index (χ0v) is 11.8. The summed E-state index contributed by atoms with van der Waals surface area (Å²) in [7, 11) is 0. The molecule has 0 radical (unpaired) electrons. The van der Waals surface area contributed by atoms with Crippen molar-refractivity contribution >= 4 is 17.3 Å². The summed E-state index contributed by atoms with van der Waals surface area (Å²) < 4.78 is 0. The van der Waals surface area contributed by atoms with Gasteiger partial charge in [0.25, 0.3) is 5.91 Å². The Morgan fingerprint density at radius 1 is 1.20 bits per heavy atom. The molecule has 0 bridgehead atoms. The molecule has 0 spiro atoms. The van der Waals surface area contributed by atoms with Gasteiger partial charge in [0.2, 0.25) is 0 Å². The number of rotatable bonds is 5. The van der Waals surface area contributed by atoms with Crippen LogP contribution in [0.5, 0.6) is 0 Å². The first-order valence-electron chi connectivity index (χ1n) is 6.82. The molecule has 1 N–H and O–H groups in total. The molecule has 1 amide bonds. The number of pyridine rings is 1. The third-order valence-corrected chi connectivity index (χ3v) is 3.05. The highest BCUT2D eigenvalue weighted by molar-refractivity contribution is 6.09. The van der Waals surface area contributed by atoms with Gasteiger partial charge in [-0.3, -0.25) is 9.78 Å². The van der Waals surface area contributed by atoms with Crippen LogP contribution in [0.2, 0.25) is 0 Å². The number of nitrogens with one attached hydrogen (secondary N) is 1. The van der Waals surface area contributed by atoms with E-state index in [0.29, 0.717) is 12.1 Å². The third kappa shape index (κ3) is 2.96. The molecule has 2 rings (SSSR count). The van der Waals surface area contributed by atoms with Gasteiger partial charge >= 0.3 is 0 Å². The third-order valence-electron chi connectivity index (χ3n) is 3.05. The predicted molar refractivity (Wildman–Crippen MR) is 82.2 cm³/mol. The molecule has 0 saturated carbocycles. The van der Waals surface area contributed by atoms with Gasteiger partial charge in [0.15, 0.2) is 0 Å². The van der Waals surface area contributed by atoms with Crippen molar-refractivity contribution in [3.63, 3.8) is 0 Å². The lowest BCUT2D eigenvalue weighted by atomic mass is 10.1. The van der Waals surface area contributed by atoms with Crippen molar-refractivity contribution in [3.8, 4) is 0 Å². The van der Waals surface area contributed by atoms with E-state index in [1.807, 2.05) is 44.2 Å². The molecule has 0 atom stereocenters. The number of carbonyl (C=O) groups excluding carboxylic acids is 1. The molecule has 0 unspecified atom stereocenters. The Kier molecular flexibility index (Phi) is 4.71. The van der Waals surface area contributed by atoms with E-state index in [1.54, 1.807) is 23.4 Å². The normalized spacial score (nSPS) is 10.1. The van der Waals surface area contributed by atoms with E-state index in [2.05, 4.69) is 10.3 Å². The highest BCUT2D eigenvalue weighted by atomic mass is 16.2. The quantitative estimate of drug-likeness (QED) is 0.906. The monoisotopic (exact) mass is 269 g/mol.